The molecule has 1 aromatic heterocycles. The van der Waals surface area contributed by atoms with Gasteiger partial charge < -0.3 is 66.4 Å². The topological polar surface area (TPSA) is 267 Å². The van der Waals surface area contributed by atoms with E-state index in [0.29, 0.717) is 28.1 Å². The van der Waals surface area contributed by atoms with Crippen molar-refractivity contribution < 1.29 is 53.9 Å². The van der Waals surface area contributed by atoms with Crippen LogP contribution < -0.4 is 36.6 Å². The average molecular weight is 892 g/mol. The highest BCUT2D eigenvalue weighted by Gasteiger charge is 2.45. The summed E-state index contributed by atoms with van der Waals surface area (Å²) in [6, 6.07) is 15.3. The molecule has 0 saturated carbocycles. The van der Waals surface area contributed by atoms with Crippen LogP contribution in [-0.2, 0) is 31.0 Å². The van der Waals surface area contributed by atoms with Crippen LogP contribution in [0.4, 0.5) is 22.7 Å². The van der Waals surface area contributed by atoms with Crippen LogP contribution in [0.5, 0.6) is 5.75 Å². The Morgan fingerprint density at radius 3 is 2.19 bits per heavy atom. The SMILES string of the molecule is CC(C)[C@H](N)C(=O)N[C@@H](C)C(=O)Nc1ccc(NC(=O)c2cc(NC(=O)CCCC(=O)N3C[C@@H](CCl)c4c3cc(O[C@@H]3O[C@H](CO)[C@H](O)[C@H](O)[C@H]3O)c3ccccc43)cn2C)cc1. The second kappa shape index (κ2) is 20.3. The zero-order valence-electron chi connectivity index (χ0n) is 35.3. The van der Waals surface area contributed by atoms with Crippen LogP contribution in [0.1, 0.15) is 62.0 Å². The summed E-state index contributed by atoms with van der Waals surface area (Å²) in [5.41, 5.74) is 8.76. The number of halogens is 1. The predicted octanol–water partition coefficient (Wildman–Crippen LogP) is 2.51. The van der Waals surface area contributed by atoms with Crippen LogP contribution in [0.25, 0.3) is 10.8 Å². The Morgan fingerprint density at radius 1 is 0.873 bits per heavy atom. The molecule has 6 rings (SSSR count). The standard InChI is InChI=1S/C44H54ClN7O11/c1-22(2)37(46)43(61)47-23(3)41(59)49-25-12-14-26(15-13-25)50-42(60)31-16-27(20-51(31)4)48-34(54)10-7-11-35(55)52-19-24(18-45)36-29-9-6-5-8-28(29)32(17-30(36)52)62-44-40(58)39(57)38(56)33(21-53)63-44/h5-6,8-9,12-17,20,22-24,33,37-40,44,53,56-58H,7,10-11,18-19,21,46H2,1-4H3,(H,47,61)(H,48,54)(H,49,59)(H,50,60)/t23-,24+,33+,37-,38-,39-,40+,44+/m0/s1. The van der Waals surface area contributed by atoms with Crippen molar-refractivity contribution in [2.24, 2.45) is 18.7 Å². The highest BCUT2D eigenvalue weighted by molar-refractivity contribution is 6.19. The molecule has 3 heterocycles. The molecule has 338 valence electrons. The summed E-state index contributed by atoms with van der Waals surface area (Å²) in [4.78, 5) is 66.4. The summed E-state index contributed by atoms with van der Waals surface area (Å²) >= 11 is 6.43. The van der Waals surface area contributed by atoms with Crippen molar-refractivity contribution in [2.45, 2.75) is 88.7 Å². The first-order valence-electron chi connectivity index (χ1n) is 20.6. The lowest BCUT2D eigenvalue weighted by atomic mass is 9.95. The molecule has 2 aliphatic rings. The van der Waals surface area contributed by atoms with Gasteiger partial charge in [-0.3, -0.25) is 24.0 Å². The molecule has 63 heavy (non-hydrogen) atoms. The number of amides is 5. The lowest BCUT2D eigenvalue weighted by Gasteiger charge is -2.39. The van der Waals surface area contributed by atoms with E-state index in [2.05, 4.69) is 21.3 Å². The van der Waals surface area contributed by atoms with Gasteiger partial charge in [-0.1, -0.05) is 38.1 Å². The number of anilines is 4. The minimum Gasteiger partial charge on any atom is -0.461 e. The van der Waals surface area contributed by atoms with Crippen molar-refractivity contribution in [2.75, 3.05) is 39.9 Å². The van der Waals surface area contributed by atoms with Crippen molar-refractivity contribution in [1.82, 2.24) is 9.88 Å². The third kappa shape index (κ3) is 10.6. The van der Waals surface area contributed by atoms with E-state index in [-0.39, 0.29) is 66.8 Å². The summed E-state index contributed by atoms with van der Waals surface area (Å²) < 4.78 is 13.2. The molecular formula is C44H54ClN7O11. The molecule has 5 amide bonds. The molecule has 0 radical (unpaired) electrons. The largest absolute Gasteiger partial charge is 0.461 e. The van der Waals surface area contributed by atoms with Crippen LogP contribution >= 0.6 is 11.6 Å². The molecule has 18 nitrogen and oxygen atoms in total. The summed E-state index contributed by atoms with van der Waals surface area (Å²) in [6.07, 6.45) is -5.65. The minimum atomic E-state index is -1.64. The van der Waals surface area contributed by atoms with Gasteiger partial charge in [0.05, 0.1) is 24.0 Å². The number of hydrogen-bond acceptors (Lipinski definition) is 12. The molecule has 10 N–H and O–H groups in total. The third-order valence-corrected chi connectivity index (χ3v) is 11.6. The van der Waals surface area contributed by atoms with Gasteiger partial charge in [0.15, 0.2) is 0 Å². The first kappa shape index (κ1) is 46.9. The molecule has 4 aromatic rings. The monoisotopic (exact) mass is 891 g/mol. The smallest absolute Gasteiger partial charge is 0.272 e. The first-order valence-corrected chi connectivity index (χ1v) is 21.2. The number of carbonyl (C=O) groups excluding carboxylic acids is 5. The first-order chi connectivity index (χ1) is 30.0. The number of carbonyl (C=O) groups is 5. The summed E-state index contributed by atoms with van der Waals surface area (Å²) in [7, 11) is 1.65. The molecule has 0 bridgehead atoms. The van der Waals surface area contributed by atoms with Gasteiger partial charge in [-0.15, -0.1) is 11.6 Å². The van der Waals surface area contributed by atoms with Gasteiger partial charge in [0, 0.05) is 67.3 Å². The van der Waals surface area contributed by atoms with Crippen molar-refractivity contribution in [1.29, 1.82) is 0 Å². The number of nitrogens with one attached hydrogen (secondary N) is 4. The molecule has 0 spiro atoms. The molecular weight excluding hydrogens is 838 g/mol. The second-order valence-electron chi connectivity index (χ2n) is 16.2. The van der Waals surface area contributed by atoms with E-state index in [1.165, 1.54) is 6.07 Å². The second-order valence-corrected chi connectivity index (χ2v) is 16.5. The fraction of sp³-hybridized carbons (Fsp3) is 0.432. The Bertz CT molecular complexity index is 2320. The van der Waals surface area contributed by atoms with Gasteiger partial charge in [0.2, 0.25) is 29.9 Å². The van der Waals surface area contributed by atoms with Crippen LogP contribution in [0.15, 0.2) is 66.9 Å². The maximum atomic E-state index is 13.8. The number of benzene rings is 3. The van der Waals surface area contributed by atoms with Gasteiger partial charge in [-0.25, -0.2) is 0 Å². The fourth-order valence-corrected chi connectivity index (χ4v) is 7.79. The number of alkyl halides is 1. The number of hydrogen-bond donors (Lipinski definition) is 9. The predicted molar refractivity (Wildman–Crippen MR) is 235 cm³/mol. The molecule has 2 aliphatic heterocycles. The van der Waals surface area contributed by atoms with Gasteiger partial charge >= 0.3 is 0 Å². The average Bonchev–Trinajstić information content (AvgIpc) is 3.83. The molecule has 19 heteroatoms. The zero-order chi connectivity index (χ0) is 45.7. The molecule has 0 aliphatic carbocycles. The maximum absolute atomic E-state index is 13.8. The summed E-state index contributed by atoms with van der Waals surface area (Å²) in [5, 5.41) is 53.2. The van der Waals surface area contributed by atoms with Gasteiger partial charge in [-0.05, 0) is 60.5 Å². The van der Waals surface area contributed by atoms with E-state index in [1.807, 2.05) is 26.0 Å². The van der Waals surface area contributed by atoms with Crippen LogP contribution in [0.2, 0.25) is 0 Å². The molecule has 3 aromatic carbocycles. The Kier molecular flexibility index (Phi) is 15.1. The maximum Gasteiger partial charge on any atom is 0.272 e. The number of aromatic nitrogens is 1. The van der Waals surface area contributed by atoms with Crippen molar-refractivity contribution in [3.05, 3.63) is 78.1 Å². The van der Waals surface area contributed by atoms with Crippen molar-refractivity contribution >= 4 is 74.7 Å². The molecule has 0 unspecified atom stereocenters. The van der Waals surface area contributed by atoms with Gasteiger partial charge in [0.25, 0.3) is 5.91 Å². The number of rotatable bonds is 16. The van der Waals surface area contributed by atoms with Crippen LogP contribution in [0.3, 0.4) is 0 Å². The van der Waals surface area contributed by atoms with E-state index in [4.69, 9.17) is 26.8 Å². The minimum absolute atomic E-state index is 0.00447. The number of nitrogens with zero attached hydrogens (tertiary/aromatic N) is 2. The number of nitrogens with two attached hydrogens (primary N) is 1. The number of aliphatic hydroxyl groups is 4. The molecule has 1 fully saturated rings. The van der Waals surface area contributed by atoms with E-state index in [1.54, 1.807) is 72.1 Å². The van der Waals surface area contributed by atoms with E-state index < -0.39 is 67.1 Å². The number of aliphatic hydroxyl groups excluding tert-OH is 4. The normalized spacial score (nSPS) is 21.7. The van der Waals surface area contributed by atoms with Gasteiger partial charge in [-0.2, -0.15) is 0 Å². The number of aryl methyl sites for hydroxylation is 1. The third-order valence-electron chi connectivity index (χ3n) is 11.2. The van der Waals surface area contributed by atoms with Crippen molar-refractivity contribution in [3.8, 4) is 5.75 Å². The van der Waals surface area contributed by atoms with Crippen molar-refractivity contribution in [3.63, 3.8) is 0 Å². The lowest BCUT2D eigenvalue weighted by Crippen LogP contribution is -2.60. The van der Waals surface area contributed by atoms with E-state index in [9.17, 15) is 44.4 Å². The zero-order valence-corrected chi connectivity index (χ0v) is 36.0. The van der Waals surface area contributed by atoms with Crippen LogP contribution in [0, 0.1) is 5.92 Å². The molecule has 1 saturated heterocycles. The summed E-state index contributed by atoms with van der Waals surface area (Å²) in [6.45, 7) is 4.83. The highest BCUT2D eigenvalue weighted by atomic mass is 35.5. The molecule has 8 atom stereocenters. The Labute approximate surface area is 368 Å². The Morgan fingerprint density at radius 2 is 1.54 bits per heavy atom. The Balaban J connectivity index is 1.03. The van der Waals surface area contributed by atoms with Gasteiger partial charge in [0.1, 0.15) is 41.9 Å². The number of ether oxygens (including phenoxy) is 2. The van der Waals surface area contributed by atoms with Crippen LogP contribution in [-0.4, -0.2) is 116 Å². The Hall–Kier alpha value is -5.60. The lowest BCUT2D eigenvalue weighted by molar-refractivity contribution is -0.277. The number of fused-ring (bicyclic) bond motifs is 3. The van der Waals surface area contributed by atoms with E-state index in [0.717, 1.165) is 10.9 Å². The fourth-order valence-electron chi connectivity index (χ4n) is 7.54. The quantitative estimate of drug-likeness (QED) is 0.0735. The van der Waals surface area contributed by atoms with E-state index >= 15 is 0 Å². The summed E-state index contributed by atoms with van der Waals surface area (Å²) in [5.74, 6) is -1.79. The highest BCUT2D eigenvalue weighted by Crippen LogP contribution is 2.46.